The van der Waals surface area contributed by atoms with Gasteiger partial charge in [0.2, 0.25) is 0 Å². The molecule has 0 saturated heterocycles. The highest BCUT2D eigenvalue weighted by Gasteiger charge is 2.07. The number of hydrogen-bond donors (Lipinski definition) is 3. The molecule has 104 valence electrons. The monoisotopic (exact) mass is 271 g/mol. The molecule has 2 amide bonds. The Morgan fingerprint density at radius 1 is 1.05 bits per heavy atom. The number of anilines is 2. The second-order valence-corrected chi connectivity index (χ2v) is 4.66. The van der Waals surface area contributed by atoms with E-state index >= 15 is 0 Å². The summed E-state index contributed by atoms with van der Waals surface area (Å²) < 4.78 is 0. The van der Waals surface area contributed by atoms with Crippen LogP contribution < -0.4 is 10.6 Å². The van der Waals surface area contributed by atoms with Crippen molar-refractivity contribution in [1.29, 1.82) is 0 Å². The highest BCUT2D eigenvalue weighted by molar-refractivity contribution is 6.00. The van der Waals surface area contributed by atoms with Gasteiger partial charge in [0.15, 0.2) is 0 Å². The van der Waals surface area contributed by atoms with Gasteiger partial charge in [-0.2, -0.15) is 0 Å². The Hall–Kier alpha value is -2.56. The second kappa shape index (κ2) is 5.61. The van der Waals surface area contributed by atoms with E-state index in [0.29, 0.717) is 11.4 Å². The standard InChI is InChI=1S/C15H17N3O2/c1-9-8-12(19)5-7-13(9)17-15(20)18-14-6-4-10(2)16-11(14)3/h4-8,19H,1-3H3,(H2,17,18,20). The average Bonchev–Trinajstić information content (AvgIpc) is 2.36. The maximum atomic E-state index is 11.9. The van der Waals surface area contributed by atoms with E-state index in [9.17, 15) is 9.90 Å². The molecule has 0 saturated carbocycles. The molecule has 0 atom stereocenters. The number of rotatable bonds is 2. The lowest BCUT2D eigenvalue weighted by Crippen LogP contribution is -2.20. The first-order chi connectivity index (χ1) is 9.45. The van der Waals surface area contributed by atoms with Crippen LogP contribution in [0.1, 0.15) is 17.0 Å². The number of carbonyl (C=O) groups excluding carboxylic acids is 1. The minimum atomic E-state index is -0.340. The summed E-state index contributed by atoms with van der Waals surface area (Å²) >= 11 is 0. The summed E-state index contributed by atoms with van der Waals surface area (Å²) in [6.07, 6.45) is 0. The molecule has 0 bridgehead atoms. The first-order valence-electron chi connectivity index (χ1n) is 6.27. The molecule has 0 unspecified atom stereocenters. The van der Waals surface area contributed by atoms with Crippen molar-refractivity contribution in [2.24, 2.45) is 0 Å². The van der Waals surface area contributed by atoms with Crippen LogP contribution in [0.2, 0.25) is 0 Å². The van der Waals surface area contributed by atoms with Crippen molar-refractivity contribution in [2.45, 2.75) is 20.8 Å². The third-order valence-electron chi connectivity index (χ3n) is 2.93. The fraction of sp³-hybridized carbons (Fsp3) is 0.200. The molecule has 0 aliphatic heterocycles. The number of aryl methyl sites for hydroxylation is 3. The smallest absolute Gasteiger partial charge is 0.323 e. The lowest BCUT2D eigenvalue weighted by Gasteiger charge is -2.11. The number of urea groups is 1. The van der Waals surface area contributed by atoms with Crippen LogP contribution in [0.15, 0.2) is 30.3 Å². The summed E-state index contributed by atoms with van der Waals surface area (Å²) in [7, 11) is 0. The van der Waals surface area contributed by atoms with E-state index < -0.39 is 0 Å². The van der Waals surface area contributed by atoms with Crippen LogP contribution >= 0.6 is 0 Å². The predicted molar refractivity (Wildman–Crippen MR) is 79.2 cm³/mol. The Kier molecular flexibility index (Phi) is 3.89. The van der Waals surface area contributed by atoms with Gasteiger partial charge in [0, 0.05) is 11.4 Å². The Labute approximate surface area is 117 Å². The van der Waals surface area contributed by atoms with Crippen LogP contribution in [-0.2, 0) is 0 Å². The zero-order valence-electron chi connectivity index (χ0n) is 11.7. The summed E-state index contributed by atoms with van der Waals surface area (Å²) in [6.45, 7) is 5.55. The van der Waals surface area contributed by atoms with Crippen molar-refractivity contribution in [2.75, 3.05) is 10.6 Å². The lowest BCUT2D eigenvalue weighted by molar-refractivity contribution is 0.262. The van der Waals surface area contributed by atoms with E-state index in [-0.39, 0.29) is 11.8 Å². The Bertz CT molecular complexity index is 598. The molecule has 5 nitrogen and oxygen atoms in total. The molecule has 1 aromatic heterocycles. The van der Waals surface area contributed by atoms with Crippen molar-refractivity contribution in [1.82, 2.24) is 4.98 Å². The Morgan fingerprint density at radius 3 is 2.35 bits per heavy atom. The highest BCUT2D eigenvalue weighted by atomic mass is 16.3. The maximum Gasteiger partial charge on any atom is 0.323 e. The van der Waals surface area contributed by atoms with Gasteiger partial charge in [-0.1, -0.05) is 0 Å². The summed E-state index contributed by atoms with van der Waals surface area (Å²) in [6, 6.07) is 8.10. The van der Waals surface area contributed by atoms with Crippen LogP contribution in [-0.4, -0.2) is 16.1 Å². The molecule has 0 fully saturated rings. The maximum absolute atomic E-state index is 11.9. The molecular weight excluding hydrogens is 254 g/mol. The number of phenolic OH excluding ortho intramolecular Hbond substituents is 1. The molecule has 0 radical (unpaired) electrons. The number of nitrogens with zero attached hydrogens (tertiary/aromatic N) is 1. The topological polar surface area (TPSA) is 74.2 Å². The summed E-state index contributed by atoms with van der Waals surface area (Å²) in [4.78, 5) is 16.2. The quantitative estimate of drug-likeness (QED) is 0.733. The summed E-state index contributed by atoms with van der Waals surface area (Å²) in [5, 5.41) is 14.8. The van der Waals surface area contributed by atoms with Gasteiger partial charge in [-0.05, 0) is 56.7 Å². The van der Waals surface area contributed by atoms with E-state index in [4.69, 9.17) is 0 Å². The normalized spacial score (nSPS) is 10.2. The van der Waals surface area contributed by atoms with Gasteiger partial charge in [-0.3, -0.25) is 4.98 Å². The number of carbonyl (C=O) groups is 1. The Morgan fingerprint density at radius 2 is 1.70 bits per heavy atom. The molecule has 0 aliphatic rings. The third kappa shape index (κ3) is 3.26. The summed E-state index contributed by atoms with van der Waals surface area (Å²) in [5.41, 5.74) is 3.78. The fourth-order valence-corrected chi connectivity index (χ4v) is 1.88. The molecule has 0 spiro atoms. The van der Waals surface area contributed by atoms with E-state index in [1.807, 2.05) is 32.9 Å². The second-order valence-electron chi connectivity index (χ2n) is 4.66. The molecule has 5 heteroatoms. The van der Waals surface area contributed by atoms with E-state index in [2.05, 4.69) is 15.6 Å². The van der Waals surface area contributed by atoms with Crippen molar-refractivity contribution >= 4 is 17.4 Å². The fourth-order valence-electron chi connectivity index (χ4n) is 1.88. The minimum absolute atomic E-state index is 0.173. The van der Waals surface area contributed by atoms with Crippen LogP contribution in [0.25, 0.3) is 0 Å². The number of benzene rings is 1. The van der Waals surface area contributed by atoms with Crippen LogP contribution in [0.5, 0.6) is 5.75 Å². The van der Waals surface area contributed by atoms with Crippen LogP contribution in [0.4, 0.5) is 16.2 Å². The number of aromatic hydroxyl groups is 1. The average molecular weight is 271 g/mol. The first kappa shape index (κ1) is 13.9. The highest BCUT2D eigenvalue weighted by Crippen LogP contribution is 2.20. The van der Waals surface area contributed by atoms with Gasteiger partial charge >= 0.3 is 6.03 Å². The molecule has 20 heavy (non-hydrogen) atoms. The SMILES string of the molecule is Cc1ccc(NC(=O)Nc2ccc(O)cc2C)c(C)n1. The largest absolute Gasteiger partial charge is 0.508 e. The van der Waals surface area contributed by atoms with Gasteiger partial charge in [-0.15, -0.1) is 0 Å². The third-order valence-corrected chi connectivity index (χ3v) is 2.93. The zero-order valence-corrected chi connectivity index (χ0v) is 11.7. The molecule has 1 aromatic carbocycles. The minimum Gasteiger partial charge on any atom is -0.508 e. The first-order valence-corrected chi connectivity index (χ1v) is 6.27. The van der Waals surface area contributed by atoms with Gasteiger partial charge in [0.25, 0.3) is 0 Å². The number of nitrogens with one attached hydrogen (secondary N) is 2. The van der Waals surface area contributed by atoms with Crippen LogP contribution in [0.3, 0.4) is 0 Å². The van der Waals surface area contributed by atoms with E-state index in [0.717, 1.165) is 17.0 Å². The molecule has 2 rings (SSSR count). The van der Waals surface area contributed by atoms with Crippen molar-refractivity contribution in [3.63, 3.8) is 0 Å². The number of amides is 2. The number of aromatic nitrogens is 1. The van der Waals surface area contributed by atoms with Crippen LogP contribution in [0, 0.1) is 20.8 Å². The van der Waals surface area contributed by atoms with Crippen molar-refractivity contribution < 1.29 is 9.90 Å². The predicted octanol–water partition coefficient (Wildman–Crippen LogP) is 3.36. The number of pyridine rings is 1. The van der Waals surface area contributed by atoms with Gasteiger partial charge in [0.05, 0.1) is 11.4 Å². The zero-order chi connectivity index (χ0) is 14.7. The lowest BCUT2D eigenvalue weighted by atomic mass is 10.2. The van der Waals surface area contributed by atoms with Gasteiger partial charge < -0.3 is 15.7 Å². The number of hydrogen-bond acceptors (Lipinski definition) is 3. The van der Waals surface area contributed by atoms with Crippen molar-refractivity contribution in [3.8, 4) is 5.75 Å². The Balaban J connectivity index is 2.09. The number of phenols is 1. The molecular formula is C15H17N3O2. The van der Waals surface area contributed by atoms with E-state index in [1.54, 1.807) is 12.1 Å². The summed E-state index contributed by atoms with van der Waals surface area (Å²) in [5.74, 6) is 0.173. The molecule has 1 heterocycles. The molecule has 3 N–H and O–H groups in total. The molecule has 2 aromatic rings. The van der Waals surface area contributed by atoms with Crippen molar-refractivity contribution in [3.05, 3.63) is 47.3 Å². The van der Waals surface area contributed by atoms with Gasteiger partial charge in [0.1, 0.15) is 5.75 Å². The van der Waals surface area contributed by atoms with E-state index in [1.165, 1.54) is 6.07 Å². The molecule has 0 aliphatic carbocycles. The van der Waals surface area contributed by atoms with Gasteiger partial charge in [-0.25, -0.2) is 4.79 Å².